The second-order valence-corrected chi connectivity index (χ2v) is 9.32. The van der Waals surface area contributed by atoms with Gasteiger partial charge in [0.05, 0.1) is 23.3 Å². The number of benzene rings is 3. The molecular formula is C27H27ClF2N2O. The zero-order valence-electron chi connectivity index (χ0n) is 18.8. The van der Waals surface area contributed by atoms with E-state index in [2.05, 4.69) is 11.4 Å². The van der Waals surface area contributed by atoms with Gasteiger partial charge in [0.1, 0.15) is 11.6 Å². The molecule has 0 radical (unpaired) electrons. The molecule has 172 valence electrons. The summed E-state index contributed by atoms with van der Waals surface area (Å²) in [5.41, 5.74) is 1.40. The summed E-state index contributed by atoms with van der Waals surface area (Å²) < 4.78 is 28.2. The molecular weight excluding hydrogens is 442 g/mol. The third-order valence-electron chi connectivity index (χ3n) is 5.83. The molecule has 0 saturated carbocycles. The van der Waals surface area contributed by atoms with Gasteiger partial charge >= 0.3 is 0 Å². The number of hydrogen-bond acceptors (Lipinski definition) is 3. The van der Waals surface area contributed by atoms with Crippen LogP contribution in [-0.4, -0.2) is 16.7 Å². The topological polar surface area (TPSA) is 56.0 Å². The van der Waals surface area contributed by atoms with Crippen LogP contribution >= 0.6 is 11.6 Å². The average molecular weight is 469 g/mol. The maximum atomic E-state index is 14.6. The Labute approximate surface area is 198 Å². The van der Waals surface area contributed by atoms with Crippen LogP contribution in [0.5, 0.6) is 0 Å². The summed E-state index contributed by atoms with van der Waals surface area (Å²) in [6, 6.07) is 19.4. The van der Waals surface area contributed by atoms with Crippen molar-refractivity contribution in [1.29, 1.82) is 5.26 Å². The van der Waals surface area contributed by atoms with Gasteiger partial charge in [-0.3, -0.25) is 0 Å². The Kier molecular flexibility index (Phi) is 7.86. The zero-order chi connectivity index (χ0) is 24.2. The summed E-state index contributed by atoms with van der Waals surface area (Å²) in [7, 11) is 0. The van der Waals surface area contributed by atoms with Crippen molar-refractivity contribution in [2.24, 2.45) is 0 Å². The van der Waals surface area contributed by atoms with Crippen molar-refractivity contribution < 1.29 is 13.9 Å². The molecule has 3 rings (SSSR count). The lowest BCUT2D eigenvalue weighted by atomic mass is 9.83. The minimum Gasteiger partial charge on any atom is -0.388 e. The van der Waals surface area contributed by atoms with Crippen molar-refractivity contribution in [3.63, 3.8) is 0 Å². The van der Waals surface area contributed by atoms with Gasteiger partial charge in [0.2, 0.25) is 0 Å². The van der Waals surface area contributed by atoms with Gasteiger partial charge in [-0.25, -0.2) is 8.78 Å². The number of hydrogen-bond donors (Lipinski definition) is 2. The van der Waals surface area contributed by atoms with Gasteiger partial charge in [-0.1, -0.05) is 41.9 Å². The minimum absolute atomic E-state index is 0.104. The molecule has 33 heavy (non-hydrogen) atoms. The quantitative estimate of drug-likeness (QED) is 0.407. The first-order valence-corrected chi connectivity index (χ1v) is 11.1. The third-order valence-corrected chi connectivity index (χ3v) is 6.08. The monoisotopic (exact) mass is 468 g/mol. The summed E-state index contributed by atoms with van der Waals surface area (Å²) >= 11 is 6.04. The molecule has 0 heterocycles. The molecule has 0 aliphatic heterocycles. The SMILES string of the molecule is CC(N[C@@H](c1ccc(F)cc1F)C(C)(C)O)C(Cc1ccc(Cl)cc1)c1cccc(C#N)c1. The number of nitriles is 1. The molecule has 6 heteroatoms. The molecule has 0 bridgehead atoms. The molecule has 3 aromatic carbocycles. The Balaban J connectivity index is 1.98. The maximum absolute atomic E-state index is 14.6. The Morgan fingerprint density at radius 1 is 1.06 bits per heavy atom. The summed E-state index contributed by atoms with van der Waals surface area (Å²) in [6.45, 7) is 5.13. The normalized spacial score (nSPS) is 14.4. The third kappa shape index (κ3) is 6.39. The van der Waals surface area contributed by atoms with E-state index in [-0.39, 0.29) is 17.5 Å². The molecule has 0 aromatic heterocycles. The van der Waals surface area contributed by atoms with Crippen LogP contribution in [0.15, 0.2) is 66.7 Å². The van der Waals surface area contributed by atoms with E-state index in [4.69, 9.17) is 11.6 Å². The van der Waals surface area contributed by atoms with Gasteiger partial charge < -0.3 is 10.4 Å². The number of halogens is 3. The zero-order valence-corrected chi connectivity index (χ0v) is 19.6. The lowest BCUT2D eigenvalue weighted by molar-refractivity contribution is 0.0302. The largest absolute Gasteiger partial charge is 0.388 e. The number of aliphatic hydroxyl groups is 1. The smallest absolute Gasteiger partial charge is 0.131 e. The van der Waals surface area contributed by atoms with Crippen LogP contribution in [0.25, 0.3) is 0 Å². The van der Waals surface area contributed by atoms with E-state index < -0.39 is 23.3 Å². The molecule has 3 aromatic rings. The molecule has 0 saturated heterocycles. The molecule has 2 N–H and O–H groups in total. The molecule has 2 unspecified atom stereocenters. The van der Waals surface area contributed by atoms with Crippen LogP contribution in [0.1, 0.15) is 55.0 Å². The van der Waals surface area contributed by atoms with Gasteiger partial charge in [-0.2, -0.15) is 5.26 Å². The Bertz CT molecular complexity index is 1140. The Morgan fingerprint density at radius 2 is 1.76 bits per heavy atom. The fraction of sp³-hybridized carbons (Fsp3) is 0.296. The highest BCUT2D eigenvalue weighted by atomic mass is 35.5. The van der Waals surface area contributed by atoms with Crippen LogP contribution in [0, 0.1) is 23.0 Å². The summed E-state index contributed by atoms with van der Waals surface area (Å²) in [4.78, 5) is 0. The van der Waals surface area contributed by atoms with E-state index in [9.17, 15) is 19.1 Å². The molecule has 3 nitrogen and oxygen atoms in total. The standard InChI is InChI=1S/C27H27ClF2N2O/c1-17(32-26(27(2,3)33)23-12-11-22(29)15-25(23)30)24(14-18-7-9-21(28)10-8-18)20-6-4-5-19(13-20)16-31/h4-13,15,17,24,26,32-33H,14H2,1-3H3/t17?,24?,26-/m0/s1. The summed E-state index contributed by atoms with van der Waals surface area (Å²) in [5.74, 6) is -1.50. The highest BCUT2D eigenvalue weighted by Gasteiger charge is 2.34. The van der Waals surface area contributed by atoms with E-state index in [0.717, 1.165) is 17.2 Å². The summed E-state index contributed by atoms with van der Waals surface area (Å²) in [5, 5.41) is 24.2. The van der Waals surface area contributed by atoms with Gasteiger partial charge in [-0.05, 0) is 68.7 Å². The predicted octanol–water partition coefficient (Wildman–Crippen LogP) is 6.31. The molecule has 0 amide bonds. The van der Waals surface area contributed by atoms with Gasteiger partial charge in [-0.15, -0.1) is 0 Å². The van der Waals surface area contributed by atoms with Crippen LogP contribution in [0.3, 0.4) is 0 Å². The highest BCUT2D eigenvalue weighted by Crippen LogP contribution is 2.32. The van der Waals surface area contributed by atoms with Crippen LogP contribution in [0.2, 0.25) is 5.02 Å². The fourth-order valence-corrected chi connectivity index (χ4v) is 4.21. The highest BCUT2D eigenvalue weighted by molar-refractivity contribution is 6.30. The van der Waals surface area contributed by atoms with Crippen molar-refractivity contribution in [2.75, 3.05) is 0 Å². The van der Waals surface area contributed by atoms with E-state index >= 15 is 0 Å². The lowest BCUT2D eigenvalue weighted by Gasteiger charge is -2.36. The van der Waals surface area contributed by atoms with Crippen molar-refractivity contribution >= 4 is 11.6 Å². The van der Waals surface area contributed by atoms with Crippen LogP contribution in [-0.2, 0) is 6.42 Å². The van der Waals surface area contributed by atoms with Crippen LogP contribution < -0.4 is 5.32 Å². The number of nitrogens with zero attached hydrogens (tertiary/aromatic N) is 1. The van der Waals surface area contributed by atoms with Gasteiger partial charge in [0, 0.05) is 28.6 Å². The molecule has 0 aliphatic rings. The Morgan fingerprint density at radius 3 is 2.36 bits per heavy atom. The van der Waals surface area contributed by atoms with Crippen molar-refractivity contribution in [1.82, 2.24) is 5.32 Å². The van der Waals surface area contributed by atoms with E-state index in [1.807, 2.05) is 49.4 Å². The van der Waals surface area contributed by atoms with E-state index in [1.165, 1.54) is 12.1 Å². The first-order chi connectivity index (χ1) is 15.6. The predicted molar refractivity (Wildman–Crippen MR) is 127 cm³/mol. The van der Waals surface area contributed by atoms with Crippen molar-refractivity contribution in [3.05, 3.63) is 106 Å². The van der Waals surface area contributed by atoms with Crippen LogP contribution in [0.4, 0.5) is 8.78 Å². The molecule has 0 aliphatic carbocycles. The van der Waals surface area contributed by atoms with E-state index in [1.54, 1.807) is 19.9 Å². The first-order valence-electron chi connectivity index (χ1n) is 10.8. The lowest BCUT2D eigenvalue weighted by Crippen LogP contribution is -2.46. The Hall–Kier alpha value is -2.78. The summed E-state index contributed by atoms with van der Waals surface area (Å²) in [6.07, 6.45) is 0.630. The molecule has 0 fully saturated rings. The van der Waals surface area contributed by atoms with Crippen molar-refractivity contribution in [2.45, 2.75) is 50.8 Å². The number of nitrogens with one attached hydrogen (secondary N) is 1. The maximum Gasteiger partial charge on any atom is 0.131 e. The van der Waals surface area contributed by atoms with Gasteiger partial charge in [0.15, 0.2) is 0 Å². The van der Waals surface area contributed by atoms with Gasteiger partial charge in [0.25, 0.3) is 0 Å². The molecule has 0 spiro atoms. The number of rotatable bonds is 8. The molecule has 3 atom stereocenters. The minimum atomic E-state index is -1.33. The second kappa shape index (κ2) is 10.4. The average Bonchev–Trinajstić information content (AvgIpc) is 2.76. The first kappa shape index (κ1) is 24.9. The second-order valence-electron chi connectivity index (χ2n) is 8.88. The van der Waals surface area contributed by atoms with E-state index in [0.29, 0.717) is 17.0 Å². The fourth-order valence-electron chi connectivity index (χ4n) is 4.09. The van der Waals surface area contributed by atoms with Crippen molar-refractivity contribution in [3.8, 4) is 6.07 Å².